The van der Waals surface area contributed by atoms with E-state index in [0.717, 1.165) is 16.7 Å². The summed E-state index contributed by atoms with van der Waals surface area (Å²) in [7, 11) is 0. The van der Waals surface area contributed by atoms with Crippen LogP contribution >= 0.6 is 0 Å². The monoisotopic (exact) mass is 311 g/mol. The van der Waals surface area contributed by atoms with Crippen molar-refractivity contribution in [3.8, 4) is 0 Å². The first-order chi connectivity index (χ1) is 8.88. The largest absolute Gasteiger partial charge is 1.00 e. The number of aryl methyl sites for hydroxylation is 1. The fourth-order valence-electron chi connectivity index (χ4n) is 1.29. The van der Waals surface area contributed by atoms with Crippen LogP contribution in [0.2, 0.25) is 0 Å². The van der Waals surface area contributed by atoms with E-state index in [2.05, 4.69) is 21.0 Å². The molecule has 0 fully saturated rings. The second-order valence-corrected chi connectivity index (χ2v) is 3.22. The summed E-state index contributed by atoms with van der Waals surface area (Å²) in [5, 5.41) is 1.04. The Kier molecular flexibility index (Phi) is 15.3. The van der Waals surface area contributed by atoms with Crippen molar-refractivity contribution < 1.29 is 51.4 Å². The zero-order valence-corrected chi connectivity index (χ0v) is 16.4. The normalized spacial score (nSPS) is 7.95. The fraction of sp³-hybridized carbons (Fsp3) is 0.200. The second-order valence-electron chi connectivity index (χ2n) is 3.22. The summed E-state index contributed by atoms with van der Waals surface area (Å²) in [5.74, 6) is 0. The molecular weight excluding hydrogens is 293 g/mol. The van der Waals surface area contributed by atoms with Crippen LogP contribution in [0.1, 0.15) is 19.5 Å². The Hall–Kier alpha value is -0.174. The van der Waals surface area contributed by atoms with E-state index in [1.165, 1.54) is 6.33 Å². The van der Waals surface area contributed by atoms with Gasteiger partial charge < -0.3 is 23.5 Å². The number of thiol groups is 1. The van der Waals surface area contributed by atoms with Gasteiger partial charge in [-0.05, 0) is 18.0 Å². The molecular formula is C15H18KN3S-2. The van der Waals surface area contributed by atoms with Gasteiger partial charge in [-0.2, -0.15) is 36.4 Å². The van der Waals surface area contributed by atoms with Crippen LogP contribution in [0.3, 0.4) is 0 Å². The Bertz CT molecular complexity index is 528. The molecule has 1 aromatic carbocycles. The molecule has 0 N–H and O–H groups in total. The molecule has 5 heteroatoms. The Morgan fingerprint density at radius 2 is 1.70 bits per heavy atom. The molecule has 0 aliphatic heterocycles. The molecule has 0 bridgehead atoms. The van der Waals surface area contributed by atoms with Crippen LogP contribution in [0.5, 0.6) is 0 Å². The second kappa shape index (κ2) is 13.8. The minimum Gasteiger partial charge on any atom is -0.813 e. The molecule has 0 radical (unpaired) electrons. The van der Waals surface area contributed by atoms with Crippen LogP contribution in [-0.4, -0.2) is 9.97 Å². The maximum absolute atomic E-state index is 4.03. The van der Waals surface area contributed by atoms with Crippen LogP contribution in [-0.2, 0) is 13.5 Å². The van der Waals surface area contributed by atoms with Gasteiger partial charge in [0.1, 0.15) is 0 Å². The molecule has 0 spiro atoms. The molecule has 0 saturated carbocycles. The number of fused-ring (bicyclic) bond motifs is 1. The van der Waals surface area contributed by atoms with E-state index < -0.39 is 0 Å². The number of hydrogen-bond donors (Lipinski definition) is 0. The quantitative estimate of drug-likeness (QED) is 0.256. The first kappa shape index (κ1) is 22.1. The summed E-state index contributed by atoms with van der Waals surface area (Å²) in [6.45, 7) is 5.95. The third-order valence-corrected chi connectivity index (χ3v) is 2.11. The van der Waals surface area contributed by atoms with Gasteiger partial charge in [-0.3, -0.25) is 4.98 Å². The topological polar surface area (TPSA) is 39.9 Å². The molecule has 3 rings (SSSR count). The molecule has 102 valence electrons. The van der Waals surface area contributed by atoms with E-state index in [1.54, 1.807) is 6.20 Å². The van der Waals surface area contributed by atoms with E-state index in [1.807, 2.05) is 57.2 Å². The maximum Gasteiger partial charge on any atom is 1.00 e. The SMILES string of the molecule is CC.Cc1ncnc2[n-]ccc12.[K+].[SH-].[c-]1ccccc1. The van der Waals surface area contributed by atoms with Gasteiger partial charge in [0.25, 0.3) is 0 Å². The van der Waals surface area contributed by atoms with Crippen LogP contribution in [0.25, 0.3) is 11.0 Å². The molecule has 0 atom stereocenters. The summed E-state index contributed by atoms with van der Waals surface area (Å²) in [6, 6.07) is 14.4. The third kappa shape index (κ3) is 7.57. The maximum atomic E-state index is 4.03. The van der Waals surface area contributed by atoms with Crippen molar-refractivity contribution in [3.63, 3.8) is 0 Å². The predicted octanol–water partition coefficient (Wildman–Crippen LogP) is 0.142. The molecule has 0 amide bonds. The number of nitrogens with zero attached hydrogens (tertiary/aromatic N) is 3. The summed E-state index contributed by atoms with van der Waals surface area (Å²) in [4.78, 5) is 12.0. The van der Waals surface area contributed by atoms with Crippen molar-refractivity contribution in [1.29, 1.82) is 0 Å². The molecule has 0 aliphatic rings. The zero-order valence-electron chi connectivity index (χ0n) is 12.4. The summed E-state index contributed by atoms with van der Waals surface area (Å²) >= 11 is 0. The van der Waals surface area contributed by atoms with Gasteiger partial charge in [-0.25, -0.2) is 0 Å². The van der Waals surface area contributed by atoms with Gasteiger partial charge in [0.2, 0.25) is 0 Å². The molecule has 0 aliphatic carbocycles. The number of aromatic nitrogens is 3. The molecule has 20 heavy (non-hydrogen) atoms. The van der Waals surface area contributed by atoms with Gasteiger partial charge in [0, 0.05) is 12.0 Å². The van der Waals surface area contributed by atoms with E-state index >= 15 is 0 Å². The minimum absolute atomic E-state index is 0. The molecule has 2 aromatic heterocycles. The first-order valence-corrected chi connectivity index (χ1v) is 5.98. The zero-order chi connectivity index (χ0) is 13.2. The third-order valence-electron chi connectivity index (χ3n) is 2.11. The van der Waals surface area contributed by atoms with Crippen LogP contribution < -0.4 is 56.4 Å². The van der Waals surface area contributed by atoms with Gasteiger partial charge in [-0.1, -0.05) is 26.1 Å². The number of hydrogen-bond acceptors (Lipinski definition) is 3. The van der Waals surface area contributed by atoms with E-state index in [4.69, 9.17) is 0 Å². The van der Waals surface area contributed by atoms with Gasteiger partial charge in [0.15, 0.2) is 0 Å². The molecule has 3 aromatic rings. The van der Waals surface area contributed by atoms with Gasteiger partial charge in [0.05, 0.1) is 0 Å². The van der Waals surface area contributed by atoms with Gasteiger partial charge in [-0.15, -0.1) is 0 Å². The van der Waals surface area contributed by atoms with E-state index in [0.29, 0.717) is 0 Å². The smallest absolute Gasteiger partial charge is 0.813 e. The summed E-state index contributed by atoms with van der Waals surface area (Å²) < 4.78 is 0. The van der Waals surface area contributed by atoms with Crippen LogP contribution in [0, 0.1) is 13.0 Å². The van der Waals surface area contributed by atoms with Crippen molar-refractivity contribution in [3.05, 3.63) is 60.7 Å². The Labute approximate surface area is 170 Å². The van der Waals surface area contributed by atoms with Crippen molar-refractivity contribution in [2.75, 3.05) is 0 Å². The molecule has 0 unspecified atom stereocenters. The minimum atomic E-state index is 0. The van der Waals surface area contributed by atoms with Crippen molar-refractivity contribution in [2.45, 2.75) is 20.8 Å². The fourth-order valence-corrected chi connectivity index (χ4v) is 1.29. The average Bonchev–Trinajstić information content (AvgIpc) is 2.94. The summed E-state index contributed by atoms with van der Waals surface area (Å²) in [6.07, 6.45) is 3.27. The van der Waals surface area contributed by atoms with Crippen molar-refractivity contribution in [2.24, 2.45) is 0 Å². The predicted molar refractivity (Wildman–Crippen MR) is 83.0 cm³/mol. The molecule has 3 nitrogen and oxygen atoms in total. The Morgan fingerprint density at radius 1 is 1.05 bits per heavy atom. The Morgan fingerprint density at radius 3 is 2.15 bits per heavy atom. The standard InChI is InChI=1S/C7H6N3.C6H5.C2H6.K.H2S/c1-5-6-2-3-8-7(6)10-4-9-5;1-2-4-6-5-3-1;1-2;;/h2-4H,1H3;1-5H;1-2H3;;1H2/q2*-1;;+1;/p-1. The molecule has 2 heterocycles. The van der Waals surface area contributed by atoms with Crippen molar-refractivity contribution in [1.82, 2.24) is 15.0 Å². The van der Waals surface area contributed by atoms with Crippen molar-refractivity contribution >= 4 is 24.5 Å². The summed E-state index contributed by atoms with van der Waals surface area (Å²) in [5.41, 5.74) is 1.77. The van der Waals surface area contributed by atoms with E-state index in [-0.39, 0.29) is 64.9 Å². The number of benzene rings is 1. The molecule has 0 saturated heterocycles. The van der Waals surface area contributed by atoms with Crippen LogP contribution in [0.4, 0.5) is 0 Å². The first-order valence-electron chi connectivity index (χ1n) is 5.98. The van der Waals surface area contributed by atoms with Gasteiger partial charge >= 0.3 is 51.4 Å². The average molecular weight is 311 g/mol. The number of rotatable bonds is 0. The van der Waals surface area contributed by atoms with Crippen LogP contribution in [0.15, 0.2) is 48.9 Å². The van der Waals surface area contributed by atoms with E-state index in [9.17, 15) is 0 Å². The Balaban J connectivity index is 0.